The van der Waals surface area contributed by atoms with Crippen molar-refractivity contribution < 1.29 is 14.3 Å². The molecule has 1 heterocycles. The fourth-order valence-electron chi connectivity index (χ4n) is 1.80. The number of carbonyl (C=O) groups excluding carboxylic acids is 1. The lowest BCUT2D eigenvalue weighted by atomic mass is 10.2. The van der Waals surface area contributed by atoms with Crippen LogP contribution in [0.15, 0.2) is 0 Å². The predicted octanol–water partition coefficient (Wildman–Crippen LogP) is 0.659. The fourth-order valence-corrected chi connectivity index (χ4v) is 1.80. The van der Waals surface area contributed by atoms with Crippen LogP contribution in [0.25, 0.3) is 0 Å². The number of nitrogens with zero attached hydrogens (tertiary/aromatic N) is 1. The lowest BCUT2D eigenvalue weighted by Crippen LogP contribution is -2.47. The summed E-state index contributed by atoms with van der Waals surface area (Å²) < 4.78 is 10.5. The van der Waals surface area contributed by atoms with Crippen LogP contribution in [0, 0.1) is 0 Å². The van der Waals surface area contributed by atoms with Crippen molar-refractivity contribution in [1.82, 2.24) is 4.90 Å². The predicted molar refractivity (Wildman–Crippen MR) is 53.1 cm³/mol. The molecule has 14 heavy (non-hydrogen) atoms. The van der Waals surface area contributed by atoms with E-state index in [9.17, 15) is 4.79 Å². The second-order valence-electron chi connectivity index (χ2n) is 3.76. The maximum Gasteiger partial charge on any atom is 0.320 e. The normalized spacial score (nSPS) is 28.8. The SMILES string of the molecule is CCOC(=O)CN1C[C@H](C)O[C@@H](C)C1. The Bertz CT molecular complexity index is 186. The molecule has 1 aliphatic heterocycles. The lowest BCUT2D eigenvalue weighted by molar-refractivity contribution is -0.147. The largest absolute Gasteiger partial charge is 0.465 e. The van der Waals surface area contributed by atoms with Crippen molar-refractivity contribution >= 4 is 5.97 Å². The van der Waals surface area contributed by atoms with Gasteiger partial charge >= 0.3 is 5.97 Å². The lowest BCUT2D eigenvalue weighted by Gasteiger charge is -2.34. The average molecular weight is 201 g/mol. The molecule has 1 saturated heterocycles. The summed E-state index contributed by atoms with van der Waals surface area (Å²) >= 11 is 0. The first-order valence-corrected chi connectivity index (χ1v) is 5.15. The molecule has 0 unspecified atom stereocenters. The number of esters is 1. The van der Waals surface area contributed by atoms with Crippen LogP contribution in [-0.4, -0.2) is 49.3 Å². The highest BCUT2D eigenvalue weighted by molar-refractivity contribution is 5.71. The van der Waals surface area contributed by atoms with E-state index >= 15 is 0 Å². The summed E-state index contributed by atoms with van der Waals surface area (Å²) in [5, 5.41) is 0. The van der Waals surface area contributed by atoms with E-state index in [4.69, 9.17) is 9.47 Å². The quantitative estimate of drug-likeness (QED) is 0.629. The molecule has 1 aliphatic rings. The summed E-state index contributed by atoms with van der Waals surface area (Å²) in [4.78, 5) is 13.3. The topological polar surface area (TPSA) is 38.8 Å². The fraction of sp³-hybridized carbons (Fsp3) is 0.900. The highest BCUT2D eigenvalue weighted by Gasteiger charge is 2.23. The summed E-state index contributed by atoms with van der Waals surface area (Å²) in [6.07, 6.45) is 0.404. The molecule has 4 nitrogen and oxygen atoms in total. The Morgan fingerprint density at radius 3 is 2.50 bits per heavy atom. The van der Waals surface area contributed by atoms with Crippen molar-refractivity contribution in [3.05, 3.63) is 0 Å². The first-order valence-electron chi connectivity index (χ1n) is 5.15. The molecular formula is C10H19NO3. The van der Waals surface area contributed by atoms with Crippen LogP contribution >= 0.6 is 0 Å². The second-order valence-corrected chi connectivity index (χ2v) is 3.76. The van der Waals surface area contributed by atoms with Crippen LogP contribution < -0.4 is 0 Å². The summed E-state index contributed by atoms with van der Waals surface area (Å²) in [5.74, 6) is -0.145. The van der Waals surface area contributed by atoms with Crippen molar-refractivity contribution in [1.29, 1.82) is 0 Å². The Morgan fingerprint density at radius 2 is 2.00 bits per heavy atom. The van der Waals surface area contributed by atoms with Crippen LogP contribution in [0.5, 0.6) is 0 Å². The molecule has 2 atom stereocenters. The number of hydrogen-bond donors (Lipinski definition) is 0. The molecule has 0 bridgehead atoms. The van der Waals surface area contributed by atoms with Gasteiger partial charge in [0.25, 0.3) is 0 Å². The molecule has 0 aromatic rings. The van der Waals surface area contributed by atoms with Crippen molar-refractivity contribution in [2.24, 2.45) is 0 Å². The third kappa shape index (κ3) is 3.64. The minimum Gasteiger partial charge on any atom is -0.465 e. The van der Waals surface area contributed by atoms with Gasteiger partial charge in [-0.15, -0.1) is 0 Å². The number of ether oxygens (including phenoxy) is 2. The van der Waals surface area contributed by atoms with E-state index in [1.165, 1.54) is 0 Å². The molecule has 0 aromatic heterocycles. The molecule has 4 heteroatoms. The monoisotopic (exact) mass is 201 g/mol. The Morgan fingerprint density at radius 1 is 1.43 bits per heavy atom. The van der Waals surface area contributed by atoms with Gasteiger partial charge < -0.3 is 9.47 Å². The molecule has 82 valence electrons. The molecule has 0 aromatic carbocycles. The van der Waals surface area contributed by atoms with Crippen LogP contribution in [0.4, 0.5) is 0 Å². The summed E-state index contributed by atoms with van der Waals surface area (Å²) in [7, 11) is 0. The summed E-state index contributed by atoms with van der Waals surface area (Å²) in [5.41, 5.74) is 0. The van der Waals surface area contributed by atoms with E-state index in [0.29, 0.717) is 13.2 Å². The van der Waals surface area contributed by atoms with Gasteiger partial charge in [0, 0.05) is 13.1 Å². The molecule has 0 saturated carbocycles. The standard InChI is InChI=1S/C10H19NO3/c1-4-13-10(12)7-11-5-8(2)14-9(3)6-11/h8-9H,4-7H2,1-3H3/t8-,9-/m0/s1. The number of hydrogen-bond acceptors (Lipinski definition) is 4. The van der Waals surface area contributed by atoms with E-state index in [1.54, 1.807) is 0 Å². The highest BCUT2D eigenvalue weighted by atomic mass is 16.5. The number of morpholine rings is 1. The molecule has 0 amide bonds. The zero-order chi connectivity index (χ0) is 10.6. The van der Waals surface area contributed by atoms with Crippen LogP contribution in [0.1, 0.15) is 20.8 Å². The third-order valence-electron chi connectivity index (χ3n) is 2.15. The van der Waals surface area contributed by atoms with Crippen LogP contribution in [0.2, 0.25) is 0 Å². The van der Waals surface area contributed by atoms with Crippen molar-refractivity contribution in [2.45, 2.75) is 33.0 Å². The van der Waals surface area contributed by atoms with E-state index in [0.717, 1.165) is 13.1 Å². The third-order valence-corrected chi connectivity index (χ3v) is 2.15. The van der Waals surface area contributed by atoms with Gasteiger partial charge in [-0.2, -0.15) is 0 Å². The maximum absolute atomic E-state index is 11.2. The van der Waals surface area contributed by atoms with Gasteiger partial charge in [-0.3, -0.25) is 9.69 Å². The van der Waals surface area contributed by atoms with E-state index < -0.39 is 0 Å². The molecule has 0 spiro atoms. The minimum absolute atomic E-state index is 0.145. The number of carbonyl (C=O) groups is 1. The molecule has 0 aliphatic carbocycles. The van der Waals surface area contributed by atoms with E-state index in [1.807, 2.05) is 20.8 Å². The zero-order valence-electron chi connectivity index (χ0n) is 9.16. The molecule has 0 N–H and O–H groups in total. The zero-order valence-corrected chi connectivity index (χ0v) is 9.16. The van der Waals surface area contributed by atoms with Gasteiger partial charge in [-0.05, 0) is 20.8 Å². The Balaban J connectivity index is 2.33. The Kier molecular flexibility index (Phi) is 4.35. The van der Waals surface area contributed by atoms with Gasteiger partial charge in [-0.1, -0.05) is 0 Å². The van der Waals surface area contributed by atoms with Crippen molar-refractivity contribution in [2.75, 3.05) is 26.2 Å². The van der Waals surface area contributed by atoms with Crippen molar-refractivity contribution in [3.63, 3.8) is 0 Å². The molecule has 1 fully saturated rings. The number of rotatable bonds is 3. The molecule has 1 rings (SSSR count). The Hall–Kier alpha value is -0.610. The molecule has 0 radical (unpaired) electrons. The summed E-state index contributed by atoms with van der Waals surface area (Å²) in [6, 6.07) is 0. The van der Waals surface area contributed by atoms with Gasteiger partial charge in [0.1, 0.15) is 0 Å². The van der Waals surface area contributed by atoms with Gasteiger partial charge in [0.2, 0.25) is 0 Å². The van der Waals surface area contributed by atoms with Gasteiger partial charge in [-0.25, -0.2) is 0 Å². The molecular weight excluding hydrogens is 182 g/mol. The summed E-state index contributed by atoms with van der Waals surface area (Å²) in [6.45, 7) is 8.32. The maximum atomic E-state index is 11.2. The first-order chi connectivity index (χ1) is 6.61. The average Bonchev–Trinajstić information content (AvgIpc) is 2.01. The van der Waals surface area contributed by atoms with Crippen LogP contribution in [-0.2, 0) is 14.3 Å². The van der Waals surface area contributed by atoms with Crippen molar-refractivity contribution in [3.8, 4) is 0 Å². The smallest absolute Gasteiger partial charge is 0.320 e. The van der Waals surface area contributed by atoms with Gasteiger partial charge in [0.05, 0.1) is 25.4 Å². The second kappa shape index (κ2) is 5.32. The minimum atomic E-state index is -0.145. The first kappa shape index (κ1) is 11.5. The highest BCUT2D eigenvalue weighted by Crippen LogP contribution is 2.09. The van der Waals surface area contributed by atoms with Gasteiger partial charge in [0.15, 0.2) is 0 Å². The van der Waals surface area contributed by atoms with E-state index in [-0.39, 0.29) is 18.2 Å². The Labute approximate surface area is 85.2 Å². The van der Waals surface area contributed by atoms with Crippen LogP contribution in [0.3, 0.4) is 0 Å². The van der Waals surface area contributed by atoms with E-state index in [2.05, 4.69) is 4.90 Å².